The number of nitrogen functional groups attached to an aromatic ring is 1. The summed E-state index contributed by atoms with van der Waals surface area (Å²) in [4.78, 5) is 7.58. The van der Waals surface area contributed by atoms with E-state index in [9.17, 15) is 0 Å². The molecule has 0 aliphatic carbocycles. The minimum Gasteiger partial charge on any atom is -0.367 e. The van der Waals surface area contributed by atoms with Gasteiger partial charge >= 0.3 is 0 Å². The van der Waals surface area contributed by atoms with E-state index >= 15 is 0 Å². The third-order valence-electron chi connectivity index (χ3n) is 2.30. The van der Waals surface area contributed by atoms with Crippen molar-refractivity contribution in [2.75, 3.05) is 5.73 Å². The van der Waals surface area contributed by atoms with Gasteiger partial charge in [0, 0.05) is 0 Å². The average Bonchev–Trinajstić information content (AvgIpc) is 2.85. The van der Waals surface area contributed by atoms with Crippen molar-refractivity contribution >= 4 is 17.0 Å². The number of para-hydroxylation sites is 2. The molecule has 0 spiro atoms. The van der Waals surface area contributed by atoms with Gasteiger partial charge in [0.15, 0.2) is 0 Å². The fourth-order valence-electron chi connectivity index (χ4n) is 1.55. The van der Waals surface area contributed by atoms with Crippen molar-refractivity contribution in [3.63, 3.8) is 0 Å². The maximum Gasteiger partial charge on any atom is 0.240 e. The van der Waals surface area contributed by atoms with Crippen LogP contribution in [0.1, 0.15) is 5.82 Å². The summed E-state index contributed by atoms with van der Waals surface area (Å²) in [7, 11) is 0. The molecule has 0 fully saturated rings. The van der Waals surface area contributed by atoms with Gasteiger partial charge in [-0.05, 0) is 22.6 Å². The second-order valence-electron chi connectivity index (χ2n) is 3.40. The van der Waals surface area contributed by atoms with Crippen LogP contribution in [0.5, 0.6) is 0 Å². The number of benzene rings is 1. The van der Waals surface area contributed by atoms with Gasteiger partial charge in [0.1, 0.15) is 12.4 Å². The number of anilines is 1. The Kier molecular flexibility index (Phi) is 1.82. The van der Waals surface area contributed by atoms with Crippen molar-refractivity contribution in [1.82, 2.24) is 30.2 Å². The van der Waals surface area contributed by atoms with Crippen LogP contribution in [-0.2, 0) is 6.54 Å². The fraction of sp³-hybridized carbons (Fsp3) is 0.111. The summed E-state index contributed by atoms with van der Waals surface area (Å²) < 4.78 is 1.48. The summed E-state index contributed by atoms with van der Waals surface area (Å²) in [6, 6.07) is 7.81. The van der Waals surface area contributed by atoms with Crippen molar-refractivity contribution in [2.45, 2.75) is 6.54 Å². The molecule has 0 atom stereocenters. The summed E-state index contributed by atoms with van der Waals surface area (Å²) in [5, 5.41) is 10.8. The number of hydrogen-bond acceptors (Lipinski definition) is 5. The van der Waals surface area contributed by atoms with Crippen molar-refractivity contribution in [1.29, 1.82) is 0 Å². The molecule has 0 aliphatic rings. The van der Waals surface area contributed by atoms with Gasteiger partial charge in [-0.25, -0.2) is 9.67 Å². The maximum absolute atomic E-state index is 5.57. The highest BCUT2D eigenvalue weighted by atomic mass is 15.6. The van der Waals surface area contributed by atoms with Gasteiger partial charge in [-0.15, -0.1) is 0 Å². The molecule has 1 aromatic carbocycles. The zero-order valence-corrected chi connectivity index (χ0v) is 8.33. The molecule has 0 saturated carbocycles. The van der Waals surface area contributed by atoms with Crippen LogP contribution < -0.4 is 5.73 Å². The minimum absolute atomic E-state index is 0.278. The van der Waals surface area contributed by atoms with Crippen molar-refractivity contribution in [3.8, 4) is 0 Å². The van der Waals surface area contributed by atoms with Gasteiger partial charge in [-0.2, -0.15) is 0 Å². The first kappa shape index (κ1) is 8.84. The van der Waals surface area contributed by atoms with Crippen LogP contribution in [0.15, 0.2) is 24.3 Å². The van der Waals surface area contributed by atoms with Gasteiger partial charge in [0.05, 0.1) is 11.0 Å². The van der Waals surface area contributed by atoms with E-state index in [2.05, 4.69) is 25.5 Å². The maximum atomic E-state index is 5.57. The topological polar surface area (TPSA) is 98.3 Å². The Labute approximate surface area is 90.3 Å². The number of tetrazole rings is 1. The number of fused-ring (bicyclic) bond motifs is 1. The van der Waals surface area contributed by atoms with Crippen LogP contribution in [0.4, 0.5) is 5.95 Å². The highest BCUT2D eigenvalue weighted by Gasteiger charge is 2.06. The number of nitrogens with zero attached hydrogens (tertiary/aromatic N) is 5. The number of nitrogens with one attached hydrogen (secondary N) is 1. The van der Waals surface area contributed by atoms with Gasteiger partial charge in [0.2, 0.25) is 5.95 Å². The lowest BCUT2D eigenvalue weighted by Gasteiger charge is -1.96. The molecule has 0 unspecified atom stereocenters. The van der Waals surface area contributed by atoms with Gasteiger partial charge in [-0.1, -0.05) is 17.2 Å². The Morgan fingerprint density at radius 3 is 2.94 bits per heavy atom. The van der Waals surface area contributed by atoms with Gasteiger partial charge < -0.3 is 10.7 Å². The fourth-order valence-corrected chi connectivity index (χ4v) is 1.55. The minimum atomic E-state index is 0.278. The number of H-pyrrole nitrogens is 1. The molecular weight excluding hydrogens is 206 g/mol. The summed E-state index contributed by atoms with van der Waals surface area (Å²) >= 11 is 0. The molecule has 0 bridgehead atoms. The van der Waals surface area contributed by atoms with Crippen LogP contribution in [0, 0.1) is 0 Å². The third-order valence-corrected chi connectivity index (χ3v) is 2.30. The van der Waals surface area contributed by atoms with E-state index < -0.39 is 0 Å². The first-order valence-corrected chi connectivity index (χ1v) is 4.78. The van der Waals surface area contributed by atoms with Crippen LogP contribution in [-0.4, -0.2) is 30.2 Å². The molecule has 2 aromatic heterocycles. The van der Waals surface area contributed by atoms with E-state index in [-0.39, 0.29) is 5.95 Å². The predicted octanol–water partition coefficient (Wildman–Crippen LogP) is 0.180. The van der Waals surface area contributed by atoms with Gasteiger partial charge in [0.25, 0.3) is 0 Å². The van der Waals surface area contributed by atoms with Crippen LogP contribution in [0.2, 0.25) is 0 Å². The zero-order valence-electron chi connectivity index (χ0n) is 8.33. The van der Waals surface area contributed by atoms with E-state index in [4.69, 9.17) is 5.73 Å². The van der Waals surface area contributed by atoms with Crippen LogP contribution in [0.25, 0.3) is 11.0 Å². The Bertz CT molecular complexity index is 590. The van der Waals surface area contributed by atoms with Crippen LogP contribution in [0.3, 0.4) is 0 Å². The Hall–Kier alpha value is -2.44. The zero-order chi connectivity index (χ0) is 11.0. The summed E-state index contributed by atoms with van der Waals surface area (Å²) in [5.74, 6) is 1.06. The predicted molar refractivity (Wildman–Crippen MR) is 57.4 cm³/mol. The molecule has 0 radical (unpaired) electrons. The Morgan fingerprint density at radius 1 is 1.31 bits per heavy atom. The lowest BCUT2D eigenvalue weighted by Crippen LogP contribution is -2.07. The number of nitrogens with two attached hydrogens (primary N) is 1. The quantitative estimate of drug-likeness (QED) is 0.635. The molecule has 0 aliphatic heterocycles. The lowest BCUT2D eigenvalue weighted by molar-refractivity contribution is 0.636. The number of imidazole rings is 1. The van der Waals surface area contributed by atoms with E-state index in [1.54, 1.807) is 0 Å². The molecule has 0 amide bonds. The average molecular weight is 215 g/mol. The highest BCUT2D eigenvalue weighted by Crippen LogP contribution is 2.11. The third kappa shape index (κ3) is 1.38. The highest BCUT2D eigenvalue weighted by molar-refractivity contribution is 5.74. The van der Waals surface area contributed by atoms with Crippen LogP contribution >= 0.6 is 0 Å². The second kappa shape index (κ2) is 3.30. The molecule has 3 N–H and O–H groups in total. The number of rotatable bonds is 2. The second-order valence-corrected chi connectivity index (χ2v) is 3.40. The molecular formula is C9H9N7. The molecule has 7 heteroatoms. The monoisotopic (exact) mass is 215 g/mol. The molecule has 2 heterocycles. The largest absolute Gasteiger partial charge is 0.367 e. The number of aromatic nitrogens is 6. The SMILES string of the molecule is Nc1nnnn1Cc1nc2ccccc2[nH]1. The standard InChI is InChI=1S/C9H9N7/c10-9-13-14-15-16(9)5-8-11-6-3-1-2-4-7(6)12-8/h1-4H,5H2,(H,11,12)(H2,10,13,15). The Morgan fingerprint density at radius 2 is 2.19 bits per heavy atom. The summed E-state index contributed by atoms with van der Waals surface area (Å²) in [6.07, 6.45) is 0. The summed E-state index contributed by atoms with van der Waals surface area (Å²) in [5.41, 5.74) is 7.48. The smallest absolute Gasteiger partial charge is 0.240 e. The van der Waals surface area contributed by atoms with E-state index in [1.807, 2.05) is 24.3 Å². The van der Waals surface area contributed by atoms with Crippen molar-refractivity contribution in [3.05, 3.63) is 30.1 Å². The lowest BCUT2D eigenvalue weighted by atomic mass is 10.3. The number of hydrogen-bond donors (Lipinski definition) is 2. The van der Waals surface area contributed by atoms with E-state index in [0.717, 1.165) is 16.9 Å². The van der Waals surface area contributed by atoms with E-state index in [1.165, 1.54) is 4.68 Å². The molecule has 80 valence electrons. The van der Waals surface area contributed by atoms with Crippen molar-refractivity contribution in [2.24, 2.45) is 0 Å². The molecule has 0 saturated heterocycles. The first-order valence-electron chi connectivity index (χ1n) is 4.78. The molecule has 7 nitrogen and oxygen atoms in total. The van der Waals surface area contributed by atoms with Gasteiger partial charge in [-0.3, -0.25) is 0 Å². The Balaban J connectivity index is 1.98. The normalized spacial score (nSPS) is 11.0. The van der Waals surface area contributed by atoms with E-state index in [0.29, 0.717) is 6.54 Å². The van der Waals surface area contributed by atoms with Crippen molar-refractivity contribution < 1.29 is 0 Å². The number of aromatic amines is 1. The first-order chi connectivity index (χ1) is 7.83. The summed E-state index contributed by atoms with van der Waals surface area (Å²) in [6.45, 7) is 0.438. The molecule has 3 rings (SSSR count). The molecule has 16 heavy (non-hydrogen) atoms. The molecule has 3 aromatic rings.